The quantitative estimate of drug-likeness (QED) is 0.390. The summed E-state index contributed by atoms with van der Waals surface area (Å²) in [7, 11) is 0. The van der Waals surface area contributed by atoms with E-state index in [4.69, 9.17) is 10.5 Å². The van der Waals surface area contributed by atoms with Gasteiger partial charge in [-0.05, 0) is 37.1 Å². The van der Waals surface area contributed by atoms with E-state index in [2.05, 4.69) is 25.9 Å². The molecule has 5 N–H and O–H groups in total. The first-order valence-corrected chi connectivity index (χ1v) is 9.59. The molecule has 10 heteroatoms. The number of hydrogen-bond acceptors (Lipinski definition) is 7. The Bertz CT molecular complexity index is 1210. The first-order chi connectivity index (χ1) is 15.0. The number of aromatic nitrogens is 2. The summed E-state index contributed by atoms with van der Waals surface area (Å²) in [6.07, 6.45) is 4.32. The number of nitrogens with zero attached hydrogens (tertiary/aromatic N) is 2. The number of carbonyl (C=O) groups excluding carboxylic acids is 2. The van der Waals surface area contributed by atoms with E-state index >= 15 is 0 Å². The van der Waals surface area contributed by atoms with Crippen LogP contribution in [0.15, 0.2) is 42.7 Å². The maximum Gasteiger partial charge on any atom is 0.255 e. The van der Waals surface area contributed by atoms with Crippen LogP contribution >= 0.6 is 0 Å². The van der Waals surface area contributed by atoms with Gasteiger partial charge in [-0.25, -0.2) is 14.4 Å². The molecule has 9 nitrogen and oxygen atoms in total. The van der Waals surface area contributed by atoms with E-state index in [1.165, 1.54) is 18.3 Å². The van der Waals surface area contributed by atoms with Crippen molar-refractivity contribution in [2.45, 2.75) is 18.9 Å². The van der Waals surface area contributed by atoms with Crippen molar-refractivity contribution < 1.29 is 18.7 Å². The number of anilines is 4. The normalized spacial score (nSPS) is 13.8. The van der Waals surface area contributed by atoms with Gasteiger partial charge in [0.2, 0.25) is 0 Å². The van der Waals surface area contributed by atoms with Crippen LogP contribution in [0.1, 0.15) is 33.6 Å². The summed E-state index contributed by atoms with van der Waals surface area (Å²) in [6.45, 7) is 0. The Morgan fingerprint density at radius 1 is 1.10 bits per heavy atom. The number of nitrogens with two attached hydrogens (primary N) is 1. The minimum absolute atomic E-state index is 0.141. The van der Waals surface area contributed by atoms with Crippen molar-refractivity contribution in [3.63, 3.8) is 0 Å². The first-order valence-electron chi connectivity index (χ1n) is 9.59. The van der Waals surface area contributed by atoms with Crippen molar-refractivity contribution >= 4 is 34.8 Å². The second kappa shape index (κ2) is 7.24. The van der Waals surface area contributed by atoms with Gasteiger partial charge in [-0.15, -0.1) is 0 Å². The Labute approximate surface area is 175 Å². The zero-order chi connectivity index (χ0) is 21.5. The lowest BCUT2D eigenvalue weighted by Crippen LogP contribution is -2.27. The molecule has 31 heavy (non-hydrogen) atoms. The number of para-hydroxylation sites is 1. The zero-order valence-electron chi connectivity index (χ0n) is 16.1. The minimum Gasteiger partial charge on any atom is -0.449 e. The van der Waals surface area contributed by atoms with Crippen LogP contribution in [-0.2, 0) is 0 Å². The summed E-state index contributed by atoms with van der Waals surface area (Å²) in [5.41, 5.74) is 6.67. The number of hydrogen-bond donors (Lipinski definition) is 4. The minimum atomic E-state index is -0.636. The number of fused-ring (bicyclic) bond motifs is 2. The molecule has 2 amide bonds. The molecule has 0 unspecified atom stereocenters. The van der Waals surface area contributed by atoms with Gasteiger partial charge in [0.05, 0.1) is 23.0 Å². The fourth-order valence-corrected chi connectivity index (χ4v) is 3.22. The molecule has 0 bridgehead atoms. The number of primary amides is 1. The number of carbonyl (C=O) groups is 2. The molecule has 5 rings (SSSR count). The van der Waals surface area contributed by atoms with Gasteiger partial charge >= 0.3 is 0 Å². The van der Waals surface area contributed by atoms with E-state index in [0.717, 1.165) is 19.0 Å². The topological polar surface area (TPSA) is 131 Å². The average Bonchev–Trinajstić information content (AvgIpc) is 3.57. The maximum absolute atomic E-state index is 13.2. The molecular weight excluding hydrogens is 403 g/mol. The third-order valence-corrected chi connectivity index (χ3v) is 4.92. The summed E-state index contributed by atoms with van der Waals surface area (Å²) >= 11 is 0. The summed E-state index contributed by atoms with van der Waals surface area (Å²) in [4.78, 5) is 33.0. The van der Waals surface area contributed by atoms with Crippen molar-refractivity contribution in [1.82, 2.24) is 15.3 Å². The number of rotatable bonds is 5. The molecule has 3 heterocycles. The molecule has 156 valence electrons. The van der Waals surface area contributed by atoms with E-state index in [1.54, 1.807) is 18.2 Å². The van der Waals surface area contributed by atoms with Crippen LogP contribution in [0.25, 0.3) is 0 Å². The predicted molar refractivity (Wildman–Crippen MR) is 111 cm³/mol. The predicted octanol–water partition coefficient (Wildman–Crippen LogP) is 3.20. The van der Waals surface area contributed by atoms with E-state index in [9.17, 15) is 14.0 Å². The lowest BCUT2D eigenvalue weighted by molar-refractivity contribution is 0.0950. The molecular formula is C21H17FN6O3. The fraction of sp³-hybridized carbons (Fsp3) is 0.143. The lowest BCUT2D eigenvalue weighted by Gasteiger charge is -2.26. The van der Waals surface area contributed by atoms with Gasteiger partial charge in [0, 0.05) is 12.2 Å². The summed E-state index contributed by atoms with van der Waals surface area (Å²) in [5.74, 6) is -0.231. The van der Waals surface area contributed by atoms with Crippen LogP contribution in [0.3, 0.4) is 0 Å². The van der Waals surface area contributed by atoms with Crippen LogP contribution in [0.4, 0.5) is 27.4 Å². The maximum atomic E-state index is 13.2. The number of benzene rings is 1. The second-order valence-electron chi connectivity index (χ2n) is 7.23. The molecule has 1 aromatic carbocycles. The summed E-state index contributed by atoms with van der Waals surface area (Å²) in [5, 5.41) is 9.01. The van der Waals surface area contributed by atoms with E-state index in [1.807, 2.05) is 0 Å². The highest BCUT2D eigenvalue weighted by Crippen LogP contribution is 2.48. The van der Waals surface area contributed by atoms with Gasteiger partial charge in [-0.3, -0.25) is 9.59 Å². The fourth-order valence-electron chi connectivity index (χ4n) is 3.22. The number of ether oxygens (including phenoxy) is 1. The SMILES string of the molecule is NC(=O)c1cccc2c1Nc1c(C(=O)NC3CC3)cnc(Nc3ccc(F)cn3)c1O2. The van der Waals surface area contributed by atoms with E-state index in [0.29, 0.717) is 22.9 Å². The highest BCUT2D eigenvalue weighted by molar-refractivity contribution is 6.07. The van der Waals surface area contributed by atoms with Crippen molar-refractivity contribution in [2.24, 2.45) is 5.73 Å². The van der Waals surface area contributed by atoms with Crippen molar-refractivity contribution in [1.29, 1.82) is 0 Å². The van der Waals surface area contributed by atoms with Crippen LogP contribution in [0.2, 0.25) is 0 Å². The largest absolute Gasteiger partial charge is 0.449 e. The molecule has 0 radical (unpaired) electrons. The van der Waals surface area contributed by atoms with E-state index in [-0.39, 0.29) is 34.6 Å². The summed E-state index contributed by atoms with van der Waals surface area (Å²) < 4.78 is 19.2. The van der Waals surface area contributed by atoms with Crippen LogP contribution in [0, 0.1) is 5.82 Å². The molecule has 1 fully saturated rings. The molecule has 0 saturated heterocycles. The number of pyridine rings is 2. The third-order valence-electron chi connectivity index (χ3n) is 4.92. The Balaban J connectivity index is 1.59. The molecule has 2 aliphatic rings. The molecule has 2 aromatic heterocycles. The van der Waals surface area contributed by atoms with Crippen LogP contribution < -0.4 is 26.4 Å². The van der Waals surface area contributed by atoms with Crippen molar-refractivity contribution in [3.05, 3.63) is 59.7 Å². The molecule has 0 spiro atoms. The van der Waals surface area contributed by atoms with Crippen LogP contribution in [-0.4, -0.2) is 27.8 Å². The van der Waals surface area contributed by atoms with Crippen LogP contribution in [0.5, 0.6) is 11.5 Å². The van der Waals surface area contributed by atoms with Crippen molar-refractivity contribution in [2.75, 3.05) is 10.6 Å². The van der Waals surface area contributed by atoms with Gasteiger partial charge in [-0.1, -0.05) is 6.07 Å². The zero-order valence-corrected chi connectivity index (χ0v) is 16.1. The first kappa shape index (κ1) is 18.8. The third kappa shape index (κ3) is 3.59. The molecule has 1 saturated carbocycles. The van der Waals surface area contributed by atoms with E-state index < -0.39 is 11.7 Å². The monoisotopic (exact) mass is 420 g/mol. The molecule has 1 aliphatic heterocycles. The Kier molecular flexibility index (Phi) is 4.39. The Morgan fingerprint density at radius 2 is 1.94 bits per heavy atom. The average molecular weight is 420 g/mol. The molecule has 3 aromatic rings. The van der Waals surface area contributed by atoms with Gasteiger partial charge in [0.1, 0.15) is 17.3 Å². The number of amides is 2. The molecule has 0 atom stereocenters. The van der Waals surface area contributed by atoms with Crippen molar-refractivity contribution in [3.8, 4) is 11.5 Å². The van der Waals surface area contributed by atoms with Gasteiger partial charge in [0.15, 0.2) is 17.3 Å². The Morgan fingerprint density at radius 3 is 2.65 bits per heavy atom. The van der Waals surface area contributed by atoms with Gasteiger partial charge in [-0.2, -0.15) is 0 Å². The number of nitrogens with one attached hydrogen (secondary N) is 3. The highest BCUT2D eigenvalue weighted by atomic mass is 19.1. The Hall–Kier alpha value is -4.21. The molecule has 1 aliphatic carbocycles. The van der Waals surface area contributed by atoms with Gasteiger partial charge in [0.25, 0.3) is 11.8 Å². The standard InChI is InChI=1S/C21H17FN6O3/c22-10-4-7-15(24-8-10)27-20-18-17(13(9-25-20)21(30)26-11-5-6-11)28-16-12(19(23)29)2-1-3-14(16)31-18/h1-4,7-9,11,28H,5-6H2,(H2,23,29)(H,26,30)(H,24,25,27). The summed E-state index contributed by atoms with van der Waals surface area (Å²) in [6, 6.07) is 7.71. The number of halogens is 1. The smallest absolute Gasteiger partial charge is 0.255 e. The highest BCUT2D eigenvalue weighted by Gasteiger charge is 2.31. The second-order valence-corrected chi connectivity index (χ2v) is 7.23. The lowest BCUT2D eigenvalue weighted by atomic mass is 10.1. The van der Waals surface area contributed by atoms with Gasteiger partial charge < -0.3 is 26.4 Å².